The second kappa shape index (κ2) is 9.14. The first kappa shape index (κ1) is 13.6. The lowest BCUT2D eigenvalue weighted by molar-refractivity contribution is 0.974. The lowest BCUT2D eigenvalue weighted by Gasteiger charge is -1.95. The van der Waals surface area contributed by atoms with Crippen molar-refractivity contribution in [1.82, 2.24) is 0 Å². The van der Waals surface area contributed by atoms with Gasteiger partial charge >= 0.3 is 0 Å². The van der Waals surface area contributed by atoms with E-state index >= 15 is 0 Å². The molecule has 0 saturated carbocycles. The first-order chi connectivity index (χ1) is 6.66. The second-order valence-corrected chi connectivity index (χ2v) is 5.10. The predicted molar refractivity (Wildman–Crippen MR) is 69.7 cm³/mol. The van der Waals surface area contributed by atoms with Crippen LogP contribution < -0.4 is 0 Å². The summed E-state index contributed by atoms with van der Waals surface area (Å²) >= 11 is 1.86. The van der Waals surface area contributed by atoms with Gasteiger partial charge in [0.05, 0.1) is 0 Å². The molecule has 0 amide bonds. The SMILES string of the molecule is CC=C(C)CC/C=C/C=C\SC(C)C. The highest BCUT2D eigenvalue weighted by Crippen LogP contribution is 2.10. The third-order valence-electron chi connectivity index (χ3n) is 1.87. The Balaban J connectivity index is 3.49. The molecule has 0 bridgehead atoms. The minimum Gasteiger partial charge on any atom is -0.131 e. The van der Waals surface area contributed by atoms with E-state index in [1.165, 1.54) is 12.0 Å². The highest BCUT2D eigenvalue weighted by molar-refractivity contribution is 8.02. The van der Waals surface area contributed by atoms with Crippen LogP contribution in [-0.2, 0) is 0 Å². The predicted octanol–water partition coefficient (Wildman–Crippen LogP) is 4.94. The Hall–Kier alpha value is -0.430. The zero-order valence-electron chi connectivity index (χ0n) is 9.79. The maximum Gasteiger partial charge on any atom is 0.00317 e. The Morgan fingerprint density at radius 2 is 2.00 bits per heavy atom. The Bertz CT molecular complexity index is 209. The van der Waals surface area contributed by atoms with E-state index in [0.717, 1.165) is 6.42 Å². The second-order valence-electron chi connectivity index (χ2n) is 3.62. The maximum atomic E-state index is 2.23. The summed E-state index contributed by atoms with van der Waals surface area (Å²) in [7, 11) is 0. The molecule has 0 rings (SSSR count). The Kier molecular flexibility index (Phi) is 8.86. The molecule has 14 heavy (non-hydrogen) atoms. The van der Waals surface area contributed by atoms with E-state index in [2.05, 4.69) is 57.4 Å². The van der Waals surface area contributed by atoms with Crippen LogP contribution in [0.5, 0.6) is 0 Å². The molecular weight excluding hydrogens is 188 g/mol. The summed E-state index contributed by atoms with van der Waals surface area (Å²) in [6.45, 7) is 8.68. The minimum atomic E-state index is 0.685. The number of thioether (sulfide) groups is 1. The molecule has 0 nitrogen and oxygen atoms in total. The summed E-state index contributed by atoms with van der Waals surface area (Å²) in [5, 5.41) is 2.84. The molecule has 0 aromatic rings. The van der Waals surface area contributed by atoms with Crippen molar-refractivity contribution in [3.8, 4) is 0 Å². The average Bonchev–Trinajstić information content (AvgIpc) is 2.15. The summed E-state index contributed by atoms with van der Waals surface area (Å²) in [5.41, 5.74) is 1.47. The van der Waals surface area contributed by atoms with Crippen molar-refractivity contribution in [3.63, 3.8) is 0 Å². The van der Waals surface area contributed by atoms with Crippen LogP contribution in [-0.4, -0.2) is 5.25 Å². The molecule has 0 N–H and O–H groups in total. The van der Waals surface area contributed by atoms with Gasteiger partial charge in [0.1, 0.15) is 0 Å². The Labute approximate surface area is 93.2 Å². The minimum absolute atomic E-state index is 0.685. The third-order valence-corrected chi connectivity index (χ3v) is 2.73. The van der Waals surface area contributed by atoms with Crippen LogP contribution in [0.15, 0.2) is 35.3 Å². The smallest absolute Gasteiger partial charge is 0.00317 e. The third kappa shape index (κ3) is 9.66. The van der Waals surface area contributed by atoms with Gasteiger partial charge in [-0.25, -0.2) is 0 Å². The van der Waals surface area contributed by atoms with Crippen LogP contribution in [0, 0.1) is 0 Å². The number of hydrogen-bond donors (Lipinski definition) is 0. The summed E-state index contributed by atoms with van der Waals surface area (Å²) in [4.78, 5) is 0. The summed E-state index contributed by atoms with van der Waals surface area (Å²) in [5.74, 6) is 0. The first-order valence-electron chi connectivity index (χ1n) is 5.25. The average molecular weight is 210 g/mol. The van der Waals surface area contributed by atoms with Crippen molar-refractivity contribution in [1.29, 1.82) is 0 Å². The summed E-state index contributed by atoms with van der Waals surface area (Å²) < 4.78 is 0. The summed E-state index contributed by atoms with van der Waals surface area (Å²) in [6.07, 6.45) is 11.0. The van der Waals surface area contributed by atoms with Gasteiger partial charge in [0, 0.05) is 5.25 Å². The highest BCUT2D eigenvalue weighted by atomic mass is 32.2. The van der Waals surface area contributed by atoms with Crippen molar-refractivity contribution in [2.24, 2.45) is 0 Å². The lowest BCUT2D eigenvalue weighted by Crippen LogP contribution is -1.79. The van der Waals surface area contributed by atoms with Gasteiger partial charge in [0.15, 0.2) is 0 Å². The van der Waals surface area contributed by atoms with Crippen molar-refractivity contribution in [3.05, 3.63) is 35.3 Å². The van der Waals surface area contributed by atoms with Gasteiger partial charge in [-0.05, 0) is 32.1 Å². The van der Waals surface area contributed by atoms with Gasteiger partial charge in [-0.15, -0.1) is 11.8 Å². The van der Waals surface area contributed by atoms with E-state index in [9.17, 15) is 0 Å². The van der Waals surface area contributed by atoms with Crippen LogP contribution in [0.1, 0.15) is 40.5 Å². The fraction of sp³-hybridized carbons (Fsp3) is 0.538. The monoisotopic (exact) mass is 210 g/mol. The van der Waals surface area contributed by atoms with Crippen molar-refractivity contribution >= 4 is 11.8 Å². The molecule has 80 valence electrons. The molecular formula is C13H22S. The molecule has 0 aromatic heterocycles. The molecule has 0 atom stereocenters. The zero-order chi connectivity index (χ0) is 10.8. The van der Waals surface area contributed by atoms with Crippen molar-refractivity contribution in [2.75, 3.05) is 0 Å². The topological polar surface area (TPSA) is 0 Å². The fourth-order valence-corrected chi connectivity index (χ4v) is 1.37. The molecule has 0 heterocycles. The number of hydrogen-bond acceptors (Lipinski definition) is 1. The lowest BCUT2D eigenvalue weighted by atomic mass is 10.1. The van der Waals surface area contributed by atoms with E-state index in [-0.39, 0.29) is 0 Å². The molecule has 0 aromatic carbocycles. The molecule has 0 aliphatic heterocycles. The van der Waals surface area contributed by atoms with E-state index in [4.69, 9.17) is 0 Å². The fourth-order valence-electron chi connectivity index (χ4n) is 0.878. The number of allylic oxidation sites excluding steroid dienone is 5. The van der Waals surface area contributed by atoms with E-state index in [1.54, 1.807) is 0 Å². The van der Waals surface area contributed by atoms with Gasteiger partial charge in [0.25, 0.3) is 0 Å². The van der Waals surface area contributed by atoms with Gasteiger partial charge in [-0.3, -0.25) is 0 Å². The van der Waals surface area contributed by atoms with Crippen molar-refractivity contribution < 1.29 is 0 Å². The molecule has 1 heteroatoms. The quantitative estimate of drug-likeness (QED) is 0.442. The first-order valence-corrected chi connectivity index (χ1v) is 6.20. The van der Waals surface area contributed by atoms with Gasteiger partial charge in [-0.2, -0.15) is 0 Å². The molecule has 0 spiro atoms. The molecule has 0 radical (unpaired) electrons. The van der Waals surface area contributed by atoms with Crippen LogP contribution in [0.25, 0.3) is 0 Å². The molecule has 0 unspecified atom stereocenters. The van der Waals surface area contributed by atoms with Gasteiger partial charge in [-0.1, -0.05) is 43.7 Å². The summed E-state index contributed by atoms with van der Waals surface area (Å²) in [6, 6.07) is 0. The molecule has 0 aliphatic rings. The van der Waals surface area contributed by atoms with Gasteiger partial charge < -0.3 is 0 Å². The van der Waals surface area contributed by atoms with Gasteiger partial charge in [0.2, 0.25) is 0 Å². The van der Waals surface area contributed by atoms with E-state index in [1.807, 2.05) is 11.8 Å². The number of rotatable bonds is 6. The maximum absolute atomic E-state index is 2.23. The van der Waals surface area contributed by atoms with E-state index in [0.29, 0.717) is 5.25 Å². The highest BCUT2D eigenvalue weighted by Gasteiger charge is 1.86. The van der Waals surface area contributed by atoms with Crippen LogP contribution in [0.4, 0.5) is 0 Å². The largest absolute Gasteiger partial charge is 0.131 e. The normalized spacial score (nSPS) is 13.6. The molecule has 0 fully saturated rings. The van der Waals surface area contributed by atoms with Crippen molar-refractivity contribution in [2.45, 2.75) is 45.8 Å². The Morgan fingerprint density at radius 1 is 1.29 bits per heavy atom. The standard InChI is InChI=1S/C13H22S/c1-5-13(4)10-8-6-7-9-11-14-12(2)3/h5-7,9,11-12H,8,10H2,1-4H3/b7-6+,11-9-,13-5?. The Morgan fingerprint density at radius 3 is 2.57 bits per heavy atom. The van der Waals surface area contributed by atoms with Crippen LogP contribution in [0.3, 0.4) is 0 Å². The van der Waals surface area contributed by atoms with Crippen LogP contribution >= 0.6 is 11.8 Å². The zero-order valence-corrected chi connectivity index (χ0v) is 10.6. The molecule has 0 aliphatic carbocycles. The van der Waals surface area contributed by atoms with Crippen LogP contribution in [0.2, 0.25) is 0 Å². The van der Waals surface area contributed by atoms with E-state index < -0.39 is 0 Å². The molecule has 0 saturated heterocycles.